The molecule has 3 N–H and O–H groups in total. The van der Waals surface area contributed by atoms with Crippen LogP contribution >= 0.6 is 11.3 Å². The van der Waals surface area contributed by atoms with Crippen LogP contribution in [0.25, 0.3) is 0 Å². The van der Waals surface area contributed by atoms with Gasteiger partial charge in [-0.2, -0.15) is 0 Å². The number of carboxylic acid groups (broad SMARTS) is 1. The minimum absolute atomic E-state index is 0.143. The molecular weight excluding hydrogens is 408 g/mol. The second-order valence-electron chi connectivity index (χ2n) is 7.87. The topological polar surface area (TPSA) is 78.4 Å². The van der Waals surface area contributed by atoms with Crippen molar-refractivity contribution in [2.24, 2.45) is 0 Å². The Hall–Kier alpha value is -3.12. The standard InChI is InChI=1S/C25H26N2O3S/c1-2-12-26-20-9-5-8-19(14-20)23(28)27-24-22(25(29)30)21(15-31-24)18-11-10-16-6-3-4-7-17(16)13-18/h3-9,14-15,18,26H,2,10-13H2,1H3,(H,27,28)(H,29,30). The van der Waals surface area contributed by atoms with Crippen LogP contribution in [0.2, 0.25) is 0 Å². The number of carbonyl (C=O) groups is 2. The third-order valence-electron chi connectivity index (χ3n) is 5.75. The molecule has 0 radical (unpaired) electrons. The second kappa shape index (κ2) is 9.35. The van der Waals surface area contributed by atoms with E-state index in [1.54, 1.807) is 12.1 Å². The number of rotatable bonds is 7. The number of hydrogen-bond donors (Lipinski definition) is 3. The van der Waals surface area contributed by atoms with Crippen LogP contribution < -0.4 is 10.6 Å². The number of carboxylic acids is 1. The zero-order chi connectivity index (χ0) is 21.8. The van der Waals surface area contributed by atoms with E-state index in [1.807, 2.05) is 29.6 Å². The van der Waals surface area contributed by atoms with E-state index in [-0.39, 0.29) is 17.4 Å². The molecule has 5 nitrogen and oxygen atoms in total. The molecular formula is C25H26N2O3S. The first-order valence-corrected chi connectivity index (χ1v) is 11.5. The zero-order valence-electron chi connectivity index (χ0n) is 17.5. The number of thiophene rings is 1. The Labute approximate surface area is 186 Å². The van der Waals surface area contributed by atoms with E-state index in [4.69, 9.17) is 0 Å². The van der Waals surface area contributed by atoms with Crippen molar-refractivity contribution in [2.75, 3.05) is 17.2 Å². The molecule has 3 aromatic rings. The number of benzene rings is 2. The number of fused-ring (bicyclic) bond motifs is 1. The van der Waals surface area contributed by atoms with E-state index in [1.165, 1.54) is 22.5 Å². The number of amides is 1. The number of hydrogen-bond acceptors (Lipinski definition) is 4. The average molecular weight is 435 g/mol. The van der Waals surface area contributed by atoms with Crippen molar-refractivity contribution in [1.29, 1.82) is 0 Å². The number of aromatic carboxylic acids is 1. The maximum atomic E-state index is 12.8. The zero-order valence-corrected chi connectivity index (χ0v) is 18.3. The summed E-state index contributed by atoms with van der Waals surface area (Å²) in [5, 5.41) is 18.3. The lowest BCUT2D eigenvalue weighted by Gasteiger charge is -2.24. The molecule has 1 aliphatic carbocycles. The first kappa shape index (κ1) is 21.1. The quantitative estimate of drug-likeness (QED) is 0.440. The van der Waals surface area contributed by atoms with Crippen molar-refractivity contribution in [1.82, 2.24) is 0 Å². The summed E-state index contributed by atoms with van der Waals surface area (Å²) in [5.74, 6) is -1.15. The SMILES string of the molecule is CCCNc1cccc(C(=O)Nc2scc(C3CCc4ccccc4C3)c2C(=O)O)c1. The fraction of sp³-hybridized carbons (Fsp3) is 0.280. The van der Waals surface area contributed by atoms with Crippen LogP contribution in [0, 0.1) is 0 Å². The smallest absolute Gasteiger partial charge is 0.339 e. The van der Waals surface area contributed by atoms with Gasteiger partial charge >= 0.3 is 5.97 Å². The van der Waals surface area contributed by atoms with Crippen molar-refractivity contribution in [2.45, 2.75) is 38.5 Å². The van der Waals surface area contributed by atoms with Crippen molar-refractivity contribution in [3.05, 3.63) is 81.7 Å². The molecule has 1 aliphatic rings. The van der Waals surface area contributed by atoms with Crippen molar-refractivity contribution in [3.63, 3.8) is 0 Å². The molecule has 0 saturated heterocycles. The highest BCUT2D eigenvalue weighted by molar-refractivity contribution is 7.15. The van der Waals surface area contributed by atoms with Crippen LogP contribution in [0.15, 0.2) is 53.9 Å². The Morgan fingerprint density at radius 1 is 1.13 bits per heavy atom. The molecule has 0 aliphatic heterocycles. The van der Waals surface area contributed by atoms with E-state index in [9.17, 15) is 14.7 Å². The highest BCUT2D eigenvalue weighted by atomic mass is 32.1. The molecule has 1 unspecified atom stereocenters. The Morgan fingerprint density at radius 3 is 2.71 bits per heavy atom. The minimum atomic E-state index is -0.997. The normalized spacial score (nSPS) is 15.2. The van der Waals surface area contributed by atoms with Crippen molar-refractivity contribution in [3.8, 4) is 0 Å². The third-order valence-corrected chi connectivity index (χ3v) is 6.66. The van der Waals surface area contributed by atoms with E-state index < -0.39 is 5.97 Å². The highest BCUT2D eigenvalue weighted by Gasteiger charge is 2.28. The highest BCUT2D eigenvalue weighted by Crippen LogP contribution is 2.39. The van der Waals surface area contributed by atoms with Crippen LogP contribution in [-0.2, 0) is 12.8 Å². The predicted octanol–water partition coefficient (Wildman–Crippen LogP) is 5.79. The maximum absolute atomic E-state index is 12.8. The fourth-order valence-corrected chi connectivity index (χ4v) is 5.19. The molecule has 6 heteroatoms. The number of nitrogens with one attached hydrogen (secondary N) is 2. The third kappa shape index (κ3) is 4.64. The molecule has 160 valence electrons. The Balaban J connectivity index is 1.56. The van der Waals surface area contributed by atoms with Gasteiger partial charge in [0.2, 0.25) is 0 Å². The molecule has 0 fully saturated rings. The lowest BCUT2D eigenvalue weighted by Crippen LogP contribution is -2.17. The molecule has 1 heterocycles. The molecule has 0 spiro atoms. The summed E-state index contributed by atoms with van der Waals surface area (Å²) in [6.45, 7) is 2.91. The van der Waals surface area contributed by atoms with E-state index in [2.05, 4.69) is 29.7 Å². The molecule has 1 aromatic heterocycles. The largest absolute Gasteiger partial charge is 0.478 e. The average Bonchev–Trinajstić information content (AvgIpc) is 3.21. The summed E-state index contributed by atoms with van der Waals surface area (Å²) in [5.41, 5.74) is 5.04. The Morgan fingerprint density at radius 2 is 1.94 bits per heavy atom. The molecule has 0 saturated carbocycles. The summed E-state index contributed by atoms with van der Waals surface area (Å²) in [6.07, 6.45) is 3.66. The molecule has 4 rings (SSSR count). The Bertz CT molecular complexity index is 1110. The van der Waals surface area contributed by atoms with Gasteiger partial charge in [0, 0.05) is 17.8 Å². The van der Waals surface area contributed by atoms with Crippen LogP contribution in [0.1, 0.15) is 63.1 Å². The van der Waals surface area contributed by atoms with Gasteiger partial charge in [0.25, 0.3) is 5.91 Å². The van der Waals surface area contributed by atoms with E-state index in [0.29, 0.717) is 10.6 Å². The molecule has 0 bridgehead atoms. The fourth-order valence-electron chi connectivity index (χ4n) is 4.16. The summed E-state index contributed by atoms with van der Waals surface area (Å²) in [7, 11) is 0. The first-order valence-electron chi connectivity index (χ1n) is 10.6. The lowest BCUT2D eigenvalue weighted by molar-refractivity contribution is 0.0696. The Kier molecular flexibility index (Phi) is 6.37. The van der Waals surface area contributed by atoms with Crippen LogP contribution in [0.4, 0.5) is 10.7 Å². The minimum Gasteiger partial charge on any atom is -0.478 e. The van der Waals surface area contributed by atoms with Crippen LogP contribution in [0.3, 0.4) is 0 Å². The van der Waals surface area contributed by atoms with Gasteiger partial charge in [0.1, 0.15) is 5.00 Å². The molecule has 1 amide bonds. The van der Waals surface area contributed by atoms with Gasteiger partial charge in [0.05, 0.1) is 5.56 Å². The van der Waals surface area contributed by atoms with Crippen LogP contribution in [0.5, 0.6) is 0 Å². The number of carbonyl (C=O) groups excluding carboxylic acids is 1. The second-order valence-corrected chi connectivity index (χ2v) is 8.75. The van der Waals surface area contributed by atoms with Crippen LogP contribution in [-0.4, -0.2) is 23.5 Å². The summed E-state index contributed by atoms with van der Waals surface area (Å²) in [6, 6.07) is 15.6. The lowest BCUT2D eigenvalue weighted by atomic mass is 9.80. The van der Waals surface area contributed by atoms with Gasteiger partial charge in [-0.15, -0.1) is 11.3 Å². The number of aryl methyl sites for hydroxylation is 1. The van der Waals surface area contributed by atoms with Gasteiger partial charge in [-0.05, 0) is 71.9 Å². The maximum Gasteiger partial charge on any atom is 0.339 e. The summed E-state index contributed by atoms with van der Waals surface area (Å²) in [4.78, 5) is 25.0. The van der Waals surface area contributed by atoms with Gasteiger partial charge in [-0.25, -0.2) is 4.79 Å². The number of anilines is 2. The predicted molar refractivity (Wildman–Crippen MR) is 126 cm³/mol. The summed E-state index contributed by atoms with van der Waals surface area (Å²) < 4.78 is 0. The summed E-state index contributed by atoms with van der Waals surface area (Å²) >= 11 is 1.29. The molecule has 1 atom stereocenters. The monoisotopic (exact) mass is 434 g/mol. The van der Waals surface area contributed by atoms with Gasteiger partial charge in [-0.3, -0.25) is 4.79 Å². The molecule has 2 aromatic carbocycles. The molecule has 31 heavy (non-hydrogen) atoms. The van der Waals surface area contributed by atoms with Gasteiger partial charge in [0.15, 0.2) is 0 Å². The first-order chi connectivity index (χ1) is 15.1. The van der Waals surface area contributed by atoms with E-state index >= 15 is 0 Å². The van der Waals surface area contributed by atoms with Crippen molar-refractivity contribution < 1.29 is 14.7 Å². The van der Waals surface area contributed by atoms with Crippen molar-refractivity contribution >= 4 is 33.9 Å². The van der Waals surface area contributed by atoms with Gasteiger partial charge in [-0.1, -0.05) is 37.3 Å². The van der Waals surface area contributed by atoms with E-state index in [0.717, 1.165) is 43.5 Å². The van der Waals surface area contributed by atoms with Gasteiger partial charge < -0.3 is 15.7 Å².